The molecule has 4 rings (SSSR count). The van der Waals surface area contributed by atoms with E-state index in [-0.39, 0.29) is 0 Å². The zero-order valence-corrected chi connectivity index (χ0v) is 13.5. The molecule has 1 N–H and O–H groups in total. The molecule has 0 aliphatic carbocycles. The summed E-state index contributed by atoms with van der Waals surface area (Å²) in [6.07, 6.45) is 4.27. The molecule has 0 saturated carbocycles. The number of fused-ring (bicyclic) bond motifs is 1. The van der Waals surface area contributed by atoms with Gasteiger partial charge in [-0.3, -0.25) is 0 Å². The van der Waals surface area contributed by atoms with Crippen molar-refractivity contribution in [3.8, 4) is 0 Å². The largest absolute Gasteiger partial charge is 0.316 e. The number of hydrogen-bond donors (Lipinski definition) is 1. The maximum absolute atomic E-state index is 4.92. The molecule has 4 nitrogen and oxygen atoms in total. The van der Waals surface area contributed by atoms with Crippen LogP contribution >= 0.6 is 0 Å². The lowest BCUT2D eigenvalue weighted by molar-refractivity contribution is 0.437. The molecule has 0 radical (unpaired) electrons. The molecule has 0 spiro atoms. The van der Waals surface area contributed by atoms with E-state index in [0.29, 0.717) is 5.92 Å². The highest BCUT2D eigenvalue weighted by molar-refractivity contribution is 5.71. The molecule has 1 aromatic carbocycles. The van der Waals surface area contributed by atoms with Gasteiger partial charge in [-0.2, -0.15) is 0 Å². The summed E-state index contributed by atoms with van der Waals surface area (Å²) >= 11 is 0. The Morgan fingerprint density at radius 2 is 2.22 bits per heavy atom. The smallest absolute Gasteiger partial charge is 0.160 e. The van der Waals surface area contributed by atoms with Gasteiger partial charge in [0.25, 0.3) is 0 Å². The average molecular weight is 306 g/mol. The van der Waals surface area contributed by atoms with Crippen molar-refractivity contribution in [2.75, 3.05) is 13.1 Å². The topological polar surface area (TPSA) is 42.7 Å². The first-order valence-corrected chi connectivity index (χ1v) is 8.39. The molecule has 1 saturated heterocycles. The minimum atomic E-state index is 0.475. The van der Waals surface area contributed by atoms with Gasteiger partial charge in [0.15, 0.2) is 5.65 Å². The van der Waals surface area contributed by atoms with Crippen LogP contribution < -0.4 is 5.32 Å². The van der Waals surface area contributed by atoms with E-state index in [4.69, 9.17) is 4.98 Å². The fraction of sp³-hybridized carbons (Fsp3) is 0.368. The van der Waals surface area contributed by atoms with Crippen LogP contribution in [0.4, 0.5) is 0 Å². The van der Waals surface area contributed by atoms with Gasteiger partial charge in [-0.1, -0.05) is 29.8 Å². The summed E-state index contributed by atoms with van der Waals surface area (Å²) in [5.41, 5.74) is 4.59. The Morgan fingerprint density at radius 1 is 1.26 bits per heavy atom. The third-order valence-electron chi connectivity index (χ3n) is 4.62. The molecular formula is C19H22N4. The Kier molecular flexibility index (Phi) is 3.83. The number of aromatic nitrogens is 3. The normalized spacial score (nSPS) is 18.4. The van der Waals surface area contributed by atoms with Crippen molar-refractivity contribution in [2.45, 2.75) is 32.2 Å². The summed E-state index contributed by atoms with van der Waals surface area (Å²) < 4.78 is 2.31. The third-order valence-corrected chi connectivity index (χ3v) is 4.62. The first-order chi connectivity index (χ1) is 11.3. The standard InChI is InChI=1S/C19H22N4/c1-14-5-2-6-15(11-14)13-23-18(16-7-3-9-20-12-16)22-17-8-4-10-21-19(17)23/h2,4-6,8,10-11,16,20H,3,7,9,12-13H2,1H3. The summed E-state index contributed by atoms with van der Waals surface area (Å²) in [7, 11) is 0. The van der Waals surface area contributed by atoms with E-state index in [0.717, 1.165) is 30.8 Å². The van der Waals surface area contributed by atoms with Crippen LogP contribution in [0.1, 0.15) is 35.7 Å². The fourth-order valence-corrected chi connectivity index (χ4v) is 3.51. The lowest BCUT2D eigenvalue weighted by atomic mass is 9.98. The number of pyridine rings is 1. The Hall–Kier alpha value is -2.20. The van der Waals surface area contributed by atoms with Gasteiger partial charge in [-0.05, 0) is 44.0 Å². The summed E-state index contributed by atoms with van der Waals surface area (Å²) in [4.78, 5) is 9.51. The van der Waals surface area contributed by atoms with Crippen molar-refractivity contribution in [1.29, 1.82) is 0 Å². The van der Waals surface area contributed by atoms with E-state index in [9.17, 15) is 0 Å². The molecule has 1 unspecified atom stereocenters. The Balaban J connectivity index is 1.79. The third kappa shape index (κ3) is 2.86. The van der Waals surface area contributed by atoms with Gasteiger partial charge >= 0.3 is 0 Å². The van der Waals surface area contributed by atoms with Crippen LogP contribution in [0.25, 0.3) is 11.2 Å². The molecule has 4 heteroatoms. The zero-order chi connectivity index (χ0) is 15.6. The molecule has 1 aliphatic heterocycles. The Labute approximate surface area is 136 Å². The van der Waals surface area contributed by atoms with Crippen LogP contribution in [0.15, 0.2) is 42.6 Å². The molecule has 118 valence electrons. The summed E-state index contributed by atoms with van der Waals surface area (Å²) in [6.45, 7) is 5.10. The highest BCUT2D eigenvalue weighted by atomic mass is 15.1. The van der Waals surface area contributed by atoms with E-state index in [1.54, 1.807) is 0 Å². The highest BCUT2D eigenvalue weighted by Crippen LogP contribution is 2.26. The monoisotopic (exact) mass is 306 g/mol. The van der Waals surface area contributed by atoms with E-state index in [2.05, 4.69) is 52.1 Å². The van der Waals surface area contributed by atoms with Crippen molar-refractivity contribution < 1.29 is 0 Å². The van der Waals surface area contributed by atoms with Gasteiger partial charge in [-0.25, -0.2) is 9.97 Å². The number of nitrogens with one attached hydrogen (secondary N) is 1. The predicted octanol–water partition coefficient (Wildman–Crippen LogP) is 3.26. The van der Waals surface area contributed by atoms with Crippen LogP contribution in [-0.2, 0) is 6.54 Å². The number of aryl methyl sites for hydroxylation is 1. The Bertz CT molecular complexity index is 815. The molecule has 2 aromatic heterocycles. The summed E-state index contributed by atoms with van der Waals surface area (Å²) in [5, 5.41) is 3.50. The van der Waals surface area contributed by atoms with E-state index >= 15 is 0 Å². The summed E-state index contributed by atoms with van der Waals surface area (Å²) in [6, 6.07) is 12.7. The number of nitrogens with zero attached hydrogens (tertiary/aromatic N) is 3. The molecule has 1 fully saturated rings. The van der Waals surface area contributed by atoms with Crippen LogP contribution in [0, 0.1) is 6.92 Å². The van der Waals surface area contributed by atoms with Gasteiger partial charge in [0, 0.05) is 18.7 Å². The average Bonchev–Trinajstić information content (AvgIpc) is 2.95. The number of rotatable bonds is 3. The minimum Gasteiger partial charge on any atom is -0.316 e. The van der Waals surface area contributed by atoms with E-state index in [1.807, 2.05) is 12.3 Å². The highest BCUT2D eigenvalue weighted by Gasteiger charge is 2.22. The van der Waals surface area contributed by atoms with E-state index in [1.165, 1.54) is 29.8 Å². The SMILES string of the molecule is Cc1cccc(Cn2c(C3CCCNC3)nc3cccnc32)c1. The van der Waals surface area contributed by atoms with Crippen molar-refractivity contribution in [1.82, 2.24) is 19.9 Å². The van der Waals surface area contributed by atoms with Gasteiger partial charge in [0.1, 0.15) is 11.3 Å². The predicted molar refractivity (Wildman–Crippen MR) is 92.7 cm³/mol. The van der Waals surface area contributed by atoms with Crippen LogP contribution in [0.2, 0.25) is 0 Å². The number of piperidine rings is 1. The second kappa shape index (κ2) is 6.13. The van der Waals surface area contributed by atoms with Crippen molar-refractivity contribution in [3.63, 3.8) is 0 Å². The van der Waals surface area contributed by atoms with Gasteiger partial charge < -0.3 is 9.88 Å². The lowest BCUT2D eigenvalue weighted by Gasteiger charge is -2.23. The van der Waals surface area contributed by atoms with Crippen molar-refractivity contribution in [2.24, 2.45) is 0 Å². The van der Waals surface area contributed by atoms with Crippen LogP contribution in [0.5, 0.6) is 0 Å². The maximum atomic E-state index is 4.92. The minimum absolute atomic E-state index is 0.475. The first kappa shape index (κ1) is 14.4. The second-order valence-electron chi connectivity index (χ2n) is 6.43. The number of hydrogen-bond acceptors (Lipinski definition) is 3. The number of imidazole rings is 1. The quantitative estimate of drug-likeness (QED) is 0.807. The van der Waals surface area contributed by atoms with Gasteiger partial charge in [0.05, 0.1) is 6.54 Å². The zero-order valence-electron chi connectivity index (χ0n) is 13.5. The van der Waals surface area contributed by atoms with Gasteiger partial charge in [-0.15, -0.1) is 0 Å². The molecule has 3 heterocycles. The van der Waals surface area contributed by atoms with E-state index < -0.39 is 0 Å². The molecule has 1 aliphatic rings. The molecule has 1 atom stereocenters. The first-order valence-electron chi connectivity index (χ1n) is 8.39. The fourth-order valence-electron chi connectivity index (χ4n) is 3.51. The maximum Gasteiger partial charge on any atom is 0.160 e. The Morgan fingerprint density at radius 3 is 3.04 bits per heavy atom. The molecule has 0 bridgehead atoms. The molecule has 23 heavy (non-hydrogen) atoms. The van der Waals surface area contributed by atoms with Crippen molar-refractivity contribution in [3.05, 3.63) is 59.5 Å². The van der Waals surface area contributed by atoms with Crippen LogP contribution in [-0.4, -0.2) is 27.6 Å². The molecule has 3 aromatic rings. The second-order valence-corrected chi connectivity index (χ2v) is 6.43. The summed E-state index contributed by atoms with van der Waals surface area (Å²) in [5.74, 6) is 1.65. The van der Waals surface area contributed by atoms with Gasteiger partial charge in [0.2, 0.25) is 0 Å². The lowest BCUT2D eigenvalue weighted by Crippen LogP contribution is -2.30. The van der Waals surface area contributed by atoms with Crippen LogP contribution in [0.3, 0.4) is 0 Å². The molecule has 0 amide bonds. The molecular weight excluding hydrogens is 284 g/mol. The number of benzene rings is 1. The van der Waals surface area contributed by atoms with Crippen molar-refractivity contribution >= 4 is 11.2 Å².